The summed E-state index contributed by atoms with van der Waals surface area (Å²) in [5.74, 6) is -1.89. The summed E-state index contributed by atoms with van der Waals surface area (Å²) < 4.78 is 4.83. The Bertz CT molecular complexity index is 375. The molecule has 0 unspecified atom stereocenters. The number of hydrogen-bond acceptors (Lipinski definition) is 4. The zero-order chi connectivity index (χ0) is 11.3. The molecule has 0 spiro atoms. The average Bonchev–Trinajstić information content (AvgIpc) is 2.25. The molecule has 1 rings (SSSR count). The van der Waals surface area contributed by atoms with Gasteiger partial charge in [-0.25, -0.2) is 14.6 Å². The number of carboxylic acid groups (broad SMARTS) is 1. The van der Waals surface area contributed by atoms with E-state index in [1.54, 1.807) is 0 Å². The van der Waals surface area contributed by atoms with Crippen LogP contribution in [0.4, 0.5) is 0 Å². The van der Waals surface area contributed by atoms with E-state index in [1.165, 1.54) is 18.3 Å². The van der Waals surface area contributed by atoms with Gasteiger partial charge in [0.15, 0.2) is 5.69 Å². The summed E-state index contributed by atoms with van der Waals surface area (Å²) in [5.41, 5.74) is -0.294. The second-order valence-electron chi connectivity index (χ2n) is 2.84. The SMILES string of the molecule is CCCOC(=O)c1cccnc1C(=O)O. The molecular weight excluding hydrogens is 198 g/mol. The molecule has 0 saturated carbocycles. The maximum Gasteiger partial charge on any atom is 0.355 e. The van der Waals surface area contributed by atoms with Crippen molar-refractivity contribution in [3.05, 3.63) is 29.6 Å². The minimum absolute atomic E-state index is 0.0153. The molecule has 5 heteroatoms. The number of rotatable bonds is 4. The minimum atomic E-state index is -1.24. The van der Waals surface area contributed by atoms with Crippen molar-refractivity contribution in [2.45, 2.75) is 13.3 Å². The third-order valence-corrected chi connectivity index (χ3v) is 1.67. The van der Waals surface area contributed by atoms with Crippen LogP contribution in [0.3, 0.4) is 0 Å². The third kappa shape index (κ3) is 2.77. The Morgan fingerprint density at radius 3 is 2.87 bits per heavy atom. The average molecular weight is 209 g/mol. The molecular formula is C10H11NO4. The summed E-state index contributed by atoms with van der Waals surface area (Å²) in [6.45, 7) is 2.13. The van der Waals surface area contributed by atoms with Crippen LogP contribution in [0.2, 0.25) is 0 Å². The largest absolute Gasteiger partial charge is 0.476 e. The molecule has 0 aromatic carbocycles. The van der Waals surface area contributed by atoms with Gasteiger partial charge in [0.1, 0.15) is 0 Å². The number of hydrogen-bond donors (Lipinski definition) is 1. The second kappa shape index (κ2) is 5.09. The van der Waals surface area contributed by atoms with Crippen molar-refractivity contribution in [2.75, 3.05) is 6.61 Å². The summed E-state index contributed by atoms with van der Waals surface area (Å²) in [6, 6.07) is 2.88. The van der Waals surface area contributed by atoms with E-state index in [2.05, 4.69) is 4.98 Å². The monoisotopic (exact) mass is 209 g/mol. The van der Waals surface area contributed by atoms with Gasteiger partial charge < -0.3 is 9.84 Å². The van der Waals surface area contributed by atoms with Gasteiger partial charge in [0.2, 0.25) is 0 Å². The molecule has 80 valence electrons. The Morgan fingerprint density at radius 2 is 2.27 bits per heavy atom. The molecule has 0 saturated heterocycles. The highest BCUT2D eigenvalue weighted by Crippen LogP contribution is 2.07. The van der Waals surface area contributed by atoms with Gasteiger partial charge in [-0.2, -0.15) is 0 Å². The van der Waals surface area contributed by atoms with E-state index in [-0.39, 0.29) is 17.9 Å². The number of carboxylic acids is 1. The maximum atomic E-state index is 11.4. The number of esters is 1. The molecule has 1 aromatic rings. The lowest BCUT2D eigenvalue weighted by Gasteiger charge is -2.04. The Labute approximate surface area is 86.7 Å². The fourth-order valence-electron chi connectivity index (χ4n) is 1.01. The van der Waals surface area contributed by atoms with Crippen molar-refractivity contribution in [3.8, 4) is 0 Å². The lowest BCUT2D eigenvalue weighted by atomic mass is 10.2. The van der Waals surface area contributed by atoms with Crippen molar-refractivity contribution in [1.29, 1.82) is 0 Å². The fourth-order valence-corrected chi connectivity index (χ4v) is 1.01. The Kier molecular flexibility index (Phi) is 3.79. The number of aromatic carboxylic acids is 1. The summed E-state index contributed by atoms with van der Waals surface area (Å²) in [5, 5.41) is 8.77. The highest BCUT2D eigenvalue weighted by molar-refractivity contribution is 6.00. The zero-order valence-electron chi connectivity index (χ0n) is 8.27. The molecule has 1 aromatic heterocycles. The van der Waals surface area contributed by atoms with Gasteiger partial charge in [-0.05, 0) is 18.6 Å². The van der Waals surface area contributed by atoms with Crippen LogP contribution >= 0.6 is 0 Å². The Morgan fingerprint density at radius 1 is 1.53 bits per heavy atom. The van der Waals surface area contributed by atoms with Crippen LogP contribution in [0.5, 0.6) is 0 Å². The first kappa shape index (κ1) is 11.2. The van der Waals surface area contributed by atoms with Crippen LogP contribution in [0.15, 0.2) is 18.3 Å². The van der Waals surface area contributed by atoms with Gasteiger partial charge in [0.05, 0.1) is 12.2 Å². The number of ether oxygens (including phenoxy) is 1. The molecule has 0 aliphatic heterocycles. The lowest BCUT2D eigenvalue weighted by Crippen LogP contribution is -2.13. The van der Waals surface area contributed by atoms with E-state index < -0.39 is 11.9 Å². The van der Waals surface area contributed by atoms with Gasteiger partial charge in [-0.15, -0.1) is 0 Å². The van der Waals surface area contributed by atoms with E-state index in [1.807, 2.05) is 6.92 Å². The quantitative estimate of drug-likeness (QED) is 0.757. The number of nitrogens with zero attached hydrogens (tertiary/aromatic N) is 1. The van der Waals surface area contributed by atoms with E-state index >= 15 is 0 Å². The number of aromatic nitrogens is 1. The zero-order valence-corrected chi connectivity index (χ0v) is 8.27. The molecule has 0 bridgehead atoms. The van der Waals surface area contributed by atoms with Crippen LogP contribution in [0.25, 0.3) is 0 Å². The summed E-state index contributed by atoms with van der Waals surface area (Å²) >= 11 is 0. The van der Waals surface area contributed by atoms with Crippen molar-refractivity contribution >= 4 is 11.9 Å². The summed E-state index contributed by atoms with van der Waals surface area (Å²) in [6.07, 6.45) is 2.01. The smallest absolute Gasteiger partial charge is 0.355 e. The summed E-state index contributed by atoms with van der Waals surface area (Å²) in [7, 11) is 0. The topological polar surface area (TPSA) is 76.5 Å². The van der Waals surface area contributed by atoms with Crippen LogP contribution in [-0.2, 0) is 4.74 Å². The molecule has 1 heterocycles. The highest BCUT2D eigenvalue weighted by Gasteiger charge is 2.18. The van der Waals surface area contributed by atoms with Crippen molar-refractivity contribution in [1.82, 2.24) is 4.98 Å². The predicted octanol–water partition coefficient (Wildman–Crippen LogP) is 1.35. The molecule has 1 N–H and O–H groups in total. The van der Waals surface area contributed by atoms with Gasteiger partial charge in [0.25, 0.3) is 0 Å². The van der Waals surface area contributed by atoms with Crippen LogP contribution in [0.1, 0.15) is 34.2 Å². The van der Waals surface area contributed by atoms with Gasteiger partial charge in [-0.1, -0.05) is 6.92 Å². The highest BCUT2D eigenvalue weighted by atomic mass is 16.5. The molecule has 0 atom stereocenters. The molecule has 15 heavy (non-hydrogen) atoms. The van der Waals surface area contributed by atoms with Crippen LogP contribution < -0.4 is 0 Å². The van der Waals surface area contributed by atoms with Gasteiger partial charge >= 0.3 is 11.9 Å². The molecule has 0 fully saturated rings. The Balaban J connectivity index is 2.92. The standard InChI is InChI=1S/C10H11NO4/c1-2-6-15-10(14)7-4-3-5-11-8(7)9(12)13/h3-5H,2,6H2,1H3,(H,12,13). The summed E-state index contributed by atoms with van der Waals surface area (Å²) in [4.78, 5) is 25.7. The first-order valence-corrected chi connectivity index (χ1v) is 4.52. The minimum Gasteiger partial charge on any atom is -0.476 e. The van der Waals surface area contributed by atoms with Crippen molar-refractivity contribution in [2.24, 2.45) is 0 Å². The predicted molar refractivity (Wildman–Crippen MR) is 51.8 cm³/mol. The molecule has 0 aliphatic carbocycles. The van der Waals surface area contributed by atoms with Crippen LogP contribution in [-0.4, -0.2) is 28.6 Å². The third-order valence-electron chi connectivity index (χ3n) is 1.67. The first-order valence-electron chi connectivity index (χ1n) is 4.52. The maximum absolute atomic E-state index is 11.4. The van der Waals surface area contributed by atoms with Crippen LogP contribution in [0, 0.1) is 0 Å². The number of carbonyl (C=O) groups excluding carboxylic acids is 1. The second-order valence-corrected chi connectivity index (χ2v) is 2.84. The molecule has 0 aliphatic rings. The lowest BCUT2D eigenvalue weighted by molar-refractivity contribution is 0.0493. The van der Waals surface area contributed by atoms with Gasteiger partial charge in [-0.3, -0.25) is 0 Å². The number of pyridine rings is 1. The van der Waals surface area contributed by atoms with E-state index in [4.69, 9.17) is 9.84 Å². The van der Waals surface area contributed by atoms with Crippen molar-refractivity contribution in [3.63, 3.8) is 0 Å². The molecule has 5 nitrogen and oxygen atoms in total. The fraction of sp³-hybridized carbons (Fsp3) is 0.300. The van der Waals surface area contributed by atoms with E-state index in [0.29, 0.717) is 6.42 Å². The van der Waals surface area contributed by atoms with E-state index in [0.717, 1.165) is 0 Å². The number of carbonyl (C=O) groups is 2. The van der Waals surface area contributed by atoms with E-state index in [9.17, 15) is 9.59 Å². The normalized spacial score (nSPS) is 9.67. The van der Waals surface area contributed by atoms with Crippen molar-refractivity contribution < 1.29 is 19.4 Å². The molecule has 0 radical (unpaired) electrons. The van der Waals surface area contributed by atoms with Gasteiger partial charge in [0, 0.05) is 6.20 Å². The first-order chi connectivity index (χ1) is 7.16. The molecule has 0 amide bonds. The Hall–Kier alpha value is -1.91.